The molecule has 1 aliphatic carbocycles. The van der Waals surface area contributed by atoms with E-state index < -0.39 is 0 Å². The first-order valence-corrected chi connectivity index (χ1v) is 12.9. The SMILES string of the molecule is O=C(CSc1nnc(N2CCCCC2)n1C1CC1)N1CCC(Cc2ccccc2)CC1. The van der Waals surface area contributed by atoms with Gasteiger partial charge in [0.25, 0.3) is 0 Å². The molecule has 2 aliphatic heterocycles. The molecule has 3 fully saturated rings. The van der Waals surface area contributed by atoms with E-state index in [0.29, 0.717) is 17.7 Å². The molecule has 0 atom stereocenters. The van der Waals surface area contributed by atoms with Crippen LogP contribution < -0.4 is 4.90 Å². The van der Waals surface area contributed by atoms with Gasteiger partial charge in [-0.25, -0.2) is 0 Å². The van der Waals surface area contributed by atoms with Crippen LogP contribution in [0.1, 0.15) is 56.6 Å². The van der Waals surface area contributed by atoms with E-state index in [2.05, 4.69) is 54.9 Å². The van der Waals surface area contributed by atoms with Crippen LogP contribution in [0.4, 0.5) is 5.95 Å². The Balaban J connectivity index is 1.14. The van der Waals surface area contributed by atoms with Crippen LogP contribution in [-0.2, 0) is 11.2 Å². The Morgan fingerprint density at radius 1 is 0.935 bits per heavy atom. The molecule has 1 saturated carbocycles. The summed E-state index contributed by atoms with van der Waals surface area (Å²) < 4.78 is 2.31. The predicted octanol–water partition coefficient (Wildman–Crippen LogP) is 4.18. The van der Waals surface area contributed by atoms with Crippen molar-refractivity contribution >= 4 is 23.6 Å². The molecule has 0 spiro atoms. The summed E-state index contributed by atoms with van der Waals surface area (Å²) in [6.07, 6.45) is 9.51. The maximum atomic E-state index is 12.9. The van der Waals surface area contributed by atoms with Crippen molar-refractivity contribution in [2.24, 2.45) is 5.92 Å². The van der Waals surface area contributed by atoms with Crippen LogP contribution in [0.2, 0.25) is 0 Å². The number of nitrogens with zero attached hydrogens (tertiary/aromatic N) is 5. The van der Waals surface area contributed by atoms with E-state index in [-0.39, 0.29) is 5.91 Å². The molecule has 1 aromatic carbocycles. The van der Waals surface area contributed by atoms with Gasteiger partial charge in [0.15, 0.2) is 5.16 Å². The highest BCUT2D eigenvalue weighted by Crippen LogP contribution is 2.41. The number of carbonyl (C=O) groups is 1. The van der Waals surface area contributed by atoms with Crippen LogP contribution in [-0.4, -0.2) is 57.5 Å². The summed E-state index contributed by atoms with van der Waals surface area (Å²) in [4.78, 5) is 17.3. The van der Waals surface area contributed by atoms with Crippen molar-refractivity contribution in [1.29, 1.82) is 0 Å². The molecule has 31 heavy (non-hydrogen) atoms. The number of hydrogen-bond donors (Lipinski definition) is 0. The first-order valence-electron chi connectivity index (χ1n) is 11.9. The molecule has 2 saturated heterocycles. The topological polar surface area (TPSA) is 54.3 Å². The van der Waals surface area contributed by atoms with E-state index in [1.807, 2.05) is 0 Å². The number of carbonyl (C=O) groups excluding carboxylic acids is 1. The second-order valence-corrected chi connectivity index (χ2v) is 10.2. The number of rotatable bonds is 7. The molecule has 6 nitrogen and oxygen atoms in total. The van der Waals surface area contributed by atoms with Crippen LogP contribution in [0.5, 0.6) is 0 Å². The smallest absolute Gasteiger partial charge is 0.233 e. The third kappa shape index (κ3) is 5.08. The van der Waals surface area contributed by atoms with Gasteiger partial charge in [0.2, 0.25) is 11.9 Å². The highest BCUT2D eigenvalue weighted by molar-refractivity contribution is 7.99. The Hall–Kier alpha value is -2.02. The fourth-order valence-electron chi connectivity index (χ4n) is 4.88. The van der Waals surface area contributed by atoms with Crippen LogP contribution >= 0.6 is 11.8 Å². The number of likely N-dealkylation sites (tertiary alicyclic amines) is 1. The molecule has 0 bridgehead atoms. The minimum absolute atomic E-state index is 0.244. The zero-order chi connectivity index (χ0) is 21.0. The van der Waals surface area contributed by atoms with Gasteiger partial charge in [-0.15, -0.1) is 10.2 Å². The summed E-state index contributed by atoms with van der Waals surface area (Å²) in [5.41, 5.74) is 1.41. The molecular weight excluding hydrogens is 406 g/mol. The fraction of sp³-hybridized carbons (Fsp3) is 0.625. The molecule has 0 N–H and O–H groups in total. The van der Waals surface area contributed by atoms with Crippen molar-refractivity contribution < 1.29 is 4.79 Å². The molecule has 3 heterocycles. The molecule has 7 heteroatoms. The third-order valence-corrected chi connectivity index (χ3v) is 7.78. The van der Waals surface area contributed by atoms with Crippen molar-refractivity contribution in [1.82, 2.24) is 19.7 Å². The molecule has 1 aromatic heterocycles. The number of anilines is 1. The monoisotopic (exact) mass is 439 g/mol. The maximum absolute atomic E-state index is 12.9. The Bertz CT molecular complexity index is 867. The number of piperidine rings is 2. The van der Waals surface area contributed by atoms with E-state index in [4.69, 9.17) is 0 Å². The minimum atomic E-state index is 0.244. The number of aromatic nitrogens is 3. The number of benzene rings is 1. The second-order valence-electron chi connectivity index (χ2n) is 9.23. The summed E-state index contributed by atoms with van der Waals surface area (Å²) >= 11 is 1.58. The lowest BCUT2D eigenvalue weighted by Crippen LogP contribution is -2.39. The highest BCUT2D eigenvalue weighted by Gasteiger charge is 2.32. The standard InChI is InChI=1S/C24H33N5OS/c30-22(27-15-11-20(12-16-27)17-19-7-3-1-4-8-19)18-31-24-26-25-23(29(24)21-9-10-21)28-13-5-2-6-14-28/h1,3-4,7-8,20-21H,2,5-6,9-18H2. The van der Waals surface area contributed by atoms with Crippen LogP contribution in [0.25, 0.3) is 0 Å². The van der Waals surface area contributed by atoms with Gasteiger partial charge in [0, 0.05) is 32.2 Å². The Labute approximate surface area is 189 Å². The van der Waals surface area contributed by atoms with E-state index in [0.717, 1.165) is 56.5 Å². The predicted molar refractivity (Wildman–Crippen MR) is 125 cm³/mol. The first kappa shape index (κ1) is 20.9. The van der Waals surface area contributed by atoms with Gasteiger partial charge in [-0.05, 0) is 62.8 Å². The third-order valence-electron chi connectivity index (χ3n) is 6.86. The summed E-state index contributed by atoms with van der Waals surface area (Å²) in [5, 5.41) is 9.95. The first-order chi connectivity index (χ1) is 15.3. The van der Waals surface area contributed by atoms with Crippen molar-refractivity contribution in [3.8, 4) is 0 Å². The molecule has 5 rings (SSSR count). The lowest BCUT2D eigenvalue weighted by molar-refractivity contribution is -0.129. The zero-order valence-corrected chi connectivity index (χ0v) is 19.1. The van der Waals surface area contributed by atoms with Gasteiger partial charge in [-0.2, -0.15) is 0 Å². The summed E-state index contributed by atoms with van der Waals surface area (Å²) in [6, 6.07) is 11.2. The highest BCUT2D eigenvalue weighted by atomic mass is 32.2. The van der Waals surface area contributed by atoms with E-state index >= 15 is 0 Å². The van der Waals surface area contributed by atoms with Gasteiger partial charge < -0.3 is 9.80 Å². The van der Waals surface area contributed by atoms with Crippen molar-refractivity contribution in [3.63, 3.8) is 0 Å². The molecule has 2 aromatic rings. The quantitative estimate of drug-likeness (QED) is 0.606. The summed E-state index contributed by atoms with van der Waals surface area (Å²) in [7, 11) is 0. The van der Waals surface area contributed by atoms with Crippen LogP contribution in [0, 0.1) is 5.92 Å². The van der Waals surface area contributed by atoms with E-state index in [1.54, 1.807) is 11.8 Å². The lowest BCUT2D eigenvalue weighted by Gasteiger charge is -2.32. The zero-order valence-electron chi connectivity index (χ0n) is 18.3. The van der Waals surface area contributed by atoms with Gasteiger partial charge >= 0.3 is 0 Å². The maximum Gasteiger partial charge on any atom is 0.233 e. The van der Waals surface area contributed by atoms with Gasteiger partial charge in [0.1, 0.15) is 0 Å². The Morgan fingerprint density at radius 2 is 1.68 bits per heavy atom. The number of amides is 1. The van der Waals surface area contributed by atoms with Crippen LogP contribution in [0.3, 0.4) is 0 Å². The molecule has 166 valence electrons. The van der Waals surface area contributed by atoms with E-state index in [1.165, 1.54) is 37.7 Å². The van der Waals surface area contributed by atoms with Gasteiger partial charge in [-0.3, -0.25) is 9.36 Å². The fourth-order valence-corrected chi connectivity index (χ4v) is 5.78. The van der Waals surface area contributed by atoms with Crippen LogP contribution in [0.15, 0.2) is 35.5 Å². The summed E-state index contributed by atoms with van der Waals surface area (Å²) in [6.45, 7) is 3.91. The molecule has 3 aliphatic rings. The average Bonchev–Trinajstić information content (AvgIpc) is 3.58. The normalized spacial score (nSPS) is 20.3. The number of hydrogen-bond acceptors (Lipinski definition) is 5. The van der Waals surface area contributed by atoms with E-state index in [9.17, 15) is 4.79 Å². The average molecular weight is 440 g/mol. The largest absolute Gasteiger partial charge is 0.342 e. The summed E-state index contributed by atoms with van der Waals surface area (Å²) in [5.74, 6) is 2.42. The van der Waals surface area contributed by atoms with Crippen molar-refractivity contribution in [2.75, 3.05) is 36.8 Å². The minimum Gasteiger partial charge on any atom is -0.342 e. The van der Waals surface area contributed by atoms with Crippen molar-refractivity contribution in [2.45, 2.75) is 62.6 Å². The molecule has 0 unspecified atom stereocenters. The molecule has 1 amide bonds. The Morgan fingerprint density at radius 3 is 2.39 bits per heavy atom. The van der Waals surface area contributed by atoms with Gasteiger partial charge in [0.05, 0.1) is 5.75 Å². The molecular formula is C24H33N5OS. The van der Waals surface area contributed by atoms with Crippen molar-refractivity contribution in [3.05, 3.63) is 35.9 Å². The lowest BCUT2D eigenvalue weighted by atomic mass is 9.90. The Kier molecular flexibility index (Phi) is 6.48. The molecule has 0 radical (unpaired) electrons. The van der Waals surface area contributed by atoms with Gasteiger partial charge in [-0.1, -0.05) is 42.1 Å². The number of thioether (sulfide) groups is 1. The second kappa shape index (κ2) is 9.63.